The fourth-order valence-corrected chi connectivity index (χ4v) is 2.91. The summed E-state index contributed by atoms with van der Waals surface area (Å²) in [5.41, 5.74) is 3.21. The van der Waals surface area contributed by atoms with Crippen molar-refractivity contribution in [1.82, 2.24) is 20.1 Å². The van der Waals surface area contributed by atoms with Crippen LogP contribution < -0.4 is 10.8 Å². The number of nitrogens with zero attached hydrogens (tertiary/aromatic N) is 5. The normalized spacial score (nSPS) is 14.3. The van der Waals surface area contributed by atoms with Gasteiger partial charge in [0.1, 0.15) is 12.0 Å². The molecule has 192 valence electrons. The zero-order valence-corrected chi connectivity index (χ0v) is 19.6. The number of piperazine rings is 1. The molecule has 2 aromatic rings. The van der Waals surface area contributed by atoms with E-state index in [4.69, 9.17) is 14.8 Å². The van der Waals surface area contributed by atoms with Crippen molar-refractivity contribution in [2.45, 2.75) is 13.1 Å². The quantitative estimate of drug-likeness (QED) is 0.271. The molecule has 35 heavy (non-hydrogen) atoms. The van der Waals surface area contributed by atoms with Crippen LogP contribution in [-0.2, 0) is 9.73 Å². The number of anilines is 2. The van der Waals surface area contributed by atoms with Gasteiger partial charge < -0.3 is 14.9 Å². The van der Waals surface area contributed by atoms with Gasteiger partial charge in [-0.05, 0) is 51.0 Å². The van der Waals surface area contributed by atoms with Crippen LogP contribution in [-0.4, -0.2) is 82.3 Å². The third kappa shape index (κ3) is 9.01. The van der Waals surface area contributed by atoms with E-state index in [1.807, 2.05) is 0 Å². The van der Waals surface area contributed by atoms with Crippen LogP contribution in [0.1, 0.15) is 12.6 Å². The van der Waals surface area contributed by atoms with E-state index in [9.17, 15) is 22.4 Å². The molecule has 0 spiro atoms. The number of carbonyl (C=O) groups excluding carboxylic acids is 1. The molecule has 0 saturated carbocycles. The largest absolute Gasteiger partial charge is 0.490 e. The summed E-state index contributed by atoms with van der Waals surface area (Å²) in [6, 6.07) is 3.97. The van der Waals surface area contributed by atoms with Crippen molar-refractivity contribution in [2.75, 3.05) is 43.5 Å². The van der Waals surface area contributed by atoms with Gasteiger partial charge >= 0.3 is 18.2 Å². The number of amides is 2. The van der Waals surface area contributed by atoms with Crippen molar-refractivity contribution in [3.05, 3.63) is 34.2 Å². The highest BCUT2D eigenvalue weighted by Crippen LogP contribution is 2.20. The minimum Gasteiger partial charge on any atom is -0.475 e. The molecule has 12 nitrogen and oxygen atoms in total. The summed E-state index contributed by atoms with van der Waals surface area (Å²) in [7, 11) is 0. The van der Waals surface area contributed by atoms with E-state index in [-0.39, 0.29) is 27.8 Å². The maximum absolute atomic E-state index is 13.2. The zero-order valence-electron chi connectivity index (χ0n) is 18.1. The van der Waals surface area contributed by atoms with E-state index in [0.29, 0.717) is 18.8 Å². The van der Waals surface area contributed by atoms with Crippen LogP contribution in [0, 0.1) is 5.82 Å². The van der Waals surface area contributed by atoms with Gasteiger partial charge in [0.05, 0.1) is 10.2 Å². The molecule has 0 bridgehead atoms. The lowest BCUT2D eigenvalue weighted by atomic mass is 10.3. The number of aromatic nitrogens is 2. The van der Waals surface area contributed by atoms with Gasteiger partial charge in [0.2, 0.25) is 5.82 Å². The Labute approximate surface area is 203 Å². The van der Waals surface area contributed by atoms with Crippen LogP contribution in [0.25, 0.3) is 0 Å². The van der Waals surface area contributed by atoms with Crippen molar-refractivity contribution >= 4 is 45.7 Å². The topological polar surface area (TPSA) is 145 Å². The van der Waals surface area contributed by atoms with Crippen LogP contribution in [0.4, 0.5) is 33.9 Å². The van der Waals surface area contributed by atoms with Gasteiger partial charge in [0, 0.05) is 26.2 Å². The van der Waals surface area contributed by atoms with Crippen molar-refractivity contribution in [1.29, 1.82) is 0 Å². The Kier molecular flexibility index (Phi) is 10.2. The van der Waals surface area contributed by atoms with Crippen LogP contribution in [0.3, 0.4) is 0 Å². The molecular weight excluding hydrogens is 550 g/mol. The molecule has 1 aromatic carbocycles. The van der Waals surface area contributed by atoms with Crippen molar-refractivity contribution in [2.24, 2.45) is 5.16 Å². The summed E-state index contributed by atoms with van der Waals surface area (Å²) in [5.74, 6) is -3.01. The highest BCUT2D eigenvalue weighted by molar-refractivity contribution is 9.10. The first-order valence-electron chi connectivity index (χ1n) is 9.82. The van der Waals surface area contributed by atoms with Gasteiger partial charge in [0.15, 0.2) is 5.69 Å². The summed E-state index contributed by atoms with van der Waals surface area (Å²) in [6.45, 7) is 5.98. The Hall–Kier alpha value is -3.47. The molecule has 2 heterocycles. The third-order valence-corrected chi connectivity index (χ3v) is 5.01. The Morgan fingerprint density at radius 3 is 2.51 bits per heavy atom. The van der Waals surface area contributed by atoms with Crippen molar-refractivity contribution in [3.63, 3.8) is 0 Å². The fourth-order valence-electron chi connectivity index (χ4n) is 2.53. The van der Waals surface area contributed by atoms with Gasteiger partial charge in [0.25, 0.3) is 0 Å². The number of nitrogens with one attached hydrogen (secondary N) is 2. The smallest absolute Gasteiger partial charge is 0.475 e. The molecule has 0 atom stereocenters. The Balaban J connectivity index is 0.000000540. The van der Waals surface area contributed by atoms with Crippen LogP contribution in [0.15, 0.2) is 32.5 Å². The average molecular weight is 570 g/mol. The standard InChI is InChI=1S/C16H19BrFN7O3.C2HF3O2/c1-2-24-5-7-25(8-6-24)16(26)20-15-14(22-28-23-15)10-19-27-21-11-3-4-13(18)12(17)9-11;3-2(4,5)1(6)7/h3-4,9-10,21H,2,5-8H2,1H3,(H,20,23,26);(H,6,7)/b19-10+;. The van der Waals surface area contributed by atoms with Crippen LogP contribution >= 0.6 is 15.9 Å². The van der Waals surface area contributed by atoms with Crippen molar-refractivity contribution < 1.29 is 41.8 Å². The Bertz CT molecular complexity index is 1030. The first-order chi connectivity index (χ1) is 16.5. The predicted molar refractivity (Wildman–Crippen MR) is 117 cm³/mol. The van der Waals surface area contributed by atoms with Gasteiger partial charge in [-0.3, -0.25) is 10.3 Å². The lowest BCUT2D eigenvalue weighted by molar-refractivity contribution is -0.192. The maximum Gasteiger partial charge on any atom is 0.490 e. The van der Waals surface area contributed by atoms with E-state index in [1.54, 1.807) is 4.90 Å². The molecule has 1 saturated heterocycles. The predicted octanol–water partition coefficient (Wildman–Crippen LogP) is 3.15. The summed E-state index contributed by atoms with van der Waals surface area (Å²) in [4.78, 5) is 30.1. The highest BCUT2D eigenvalue weighted by atomic mass is 79.9. The lowest BCUT2D eigenvalue weighted by Crippen LogP contribution is -2.49. The van der Waals surface area contributed by atoms with Crippen LogP contribution in [0.2, 0.25) is 0 Å². The average Bonchev–Trinajstić information content (AvgIpc) is 3.25. The number of rotatable bonds is 6. The number of urea groups is 1. The second-order valence-electron chi connectivity index (χ2n) is 6.71. The number of halogens is 5. The first-order valence-corrected chi connectivity index (χ1v) is 10.6. The number of alkyl halides is 3. The molecule has 1 aromatic heterocycles. The molecule has 1 fully saturated rings. The highest BCUT2D eigenvalue weighted by Gasteiger charge is 2.38. The zero-order chi connectivity index (χ0) is 26.0. The number of hydrogen-bond acceptors (Lipinski definition) is 9. The lowest BCUT2D eigenvalue weighted by Gasteiger charge is -2.33. The molecule has 3 rings (SSSR count). The second kappa shape index (κ2) is 12.8. The molecule has 3 N–H and O–H groups in total. The van der Waals surface area contributed by atoms with Gasteiger partial charge in [-0.25, -0.2) is 18.6 Å². The van der Waals surface area contributed by atoms with Crippen molar-refractivity contribution in [3.8, 4) is 0 Å². The molecule has 1 aliphatic heterocycles. The number of carboxylic acids is 1. The number of oxime groups is 1. The fraction of sp³-hybridized carbons (Fsp3) is 0.389. The molecule has 2 amide bonds. The maximum atomic E-state index is 13.2. The summed E-state index contributed by atoms with van der Waals surface area (Å²) < 4.78 is 49.9. The van der Waals surface area contributed by atoms with Gasteiger partial charge in [-0.2, -0.15) is 18.7 Å². The number of hydrogen-bond donors (Lipinski definition) is 3. The minimum atomic E-state index is -5.08. The van der Waals surface area contributed by atoms with E-state index in [2.05, 4.69) is 58.6 Å². The third-order valence-electron chi connectivity index (χ3n) is 4.40. The summed E-state index contributed by atoms with van der Waals surface area (Å²) in [5, 5.41) is 20.8. The van der Waals surface area contributed by atoms with Gasteiger partial charge in [-0.1, -0.05) is 12.1 Å². The minimum absolute atomic E-state index is 0.139. The number of likely N-dealkylation sites (N-methyl/N-ethyl adjacent to an activating group) is 1. The molecule has 0 aliphatic carbocycles. The number of aliphatic carboxylic acids is 1. The number of carboxylic acid groups (broad SMARTS) is 1. The second-order valence-corrected chi connectivity index (χ2v) is 7.56. The van der Waals surface area contributed by atoms with E-state index in [1.165, 1.54) is 24.4 Å². The monoisotopic (exact) mass is 569 g/mol. The number of carbonyl (C=O) groups is 2. The first kappa shape index (κ1) is 27.8. The van der Waals surface area contributed by atoms with E-state index in [0.717, 1.165) is 19.6 Å². The summed E-state index contributed by atoms with van der Waals surface area (Å²) in [6.07, 6.45) is -3.85. The van der Waals surface area contributed by atoms with E-state index < -0.39 is 12.1 Å². The van der Waals surface area contributed by atoms with Gasteiger partial charge in [-0.15, -0.1) is 0 Å². The SMILES string of the molecule is CCN1CCN(C(=O)Nc2nonc2/C=N/ONc2ccc(F)c(Br)c2)CC1.O=C(O)C(F)(F)F. The molecule has 0 unspecified atom stereocenters. The molecule has 17 heteroatoms. The summed E-state index contributed by atoms with van der Waals surface area (Å²) >= 11 is 3.07. The molecule has 1 aliphatic rings. The van der Waals surface area contributed by atoms with E-state index >= 15 is 0 Å². The molecule has 0 radical (unpaired) electrons. The Morgan fingerprint density at radius 1 is 1.29 bits per heavy atom. The molecular formula is C18H20BrF4N7O5. The Morgan fingerprint density at radius 2 is 1.94 bits per heavy atom. The number of benzene rings is 1. The van der Waals surface area contributed by atoms with Crippen LogP contribution in [0.5, 0.6) is 0 Å².